The molecule has 0 rings (SSSR count). The van der Waals surface area contributed by atoms with E-state index in [9.17, 15) is 0 Å². The highest BCUT2D eigenvalue weighted by molar-refractivity contribution is 6.22. The molecule has 0 fully saturated rings. The normalized spacial score (nSPS) is 12.0. The van der Waals surface area contributed by atoms with E-state index in [1.165, 1.54) is 32.1 Å². The van der Waals surface area contributed by atoms with Crippen LogP contribution in [0.15, 0.2) is 0 Å². The monoisotopic (exact) mass is 239 g/mol. The molecular formula is C11H23Cl2N. The van der Waals surface area contributed by atoms with Crippen LogP contribution in [-0.2, 0) is 0 Å². The minimum Gasteiger partial charge on any atom is -0.309 e. The average Bonchev–Trinajstić information content (AvgIpc) is 2.23. The van der Waals surface area contributed by atoms with Crippen molar-refractivity contribution in [3.05, 3.63) is 0 Å². The van der Waals surface area contributed by atoms with Gasteiger partial charge in [-0.25, -0.2) is 0 Å². The summed E-state index contributed by atoms with van der Waals surface area (Å²) in [6.45, 7) is 5.33. The lowest BCUT2D eigenvalue weighted by molar-refractivity contribution is 0.425. The molecule has 0 amide bonds. The van der Waals surface area contributed by atoms with Crippen molar-refractivity contribution in [1.82, 2.24) is 5.32 Å². The molecule has 0 aromatic carbocycles. The van der Waals surface area contributed by atoms with Gasteiger partial charge < -0.3 is 5.32 Å². The SMILES string of the molecule is CCCCCCCNC(C)(CCl)CCl. The van der Waals surface area contributed by atoms with Crippen LogP contribution in [0, 0.1) is 0 Å². The van der Waals surface area contributed by atoms with Crippen LogP contribution in [0.5, 0.6) is 0 Å². The lowest BCUT2D eigenvalue weighted by Gasteiger charge is -2.25. The maximum atomic E-state index is 5.82. The van der Waals surface area contributed by atoms with Gasteiger partial charge in [0.1, 0.15) is 0 Å². The Morgan fingerprint density at radius 3 is 2.07 bits per heavy atom. The Bertz CT molecular complexity index is 124. The second kappa shape index (κ2) is 8.82. The van der Waals surface area contributed by atoms with Gasteiger partial charge in [0.2, 0.25) is 0 Å². The molecule has 0 saturated carbocycles. The highest BCUT2D eigenvalue weighted by Gasteiger charge is 2.20. The minimum atomic E-state index is -0.0894. The number of hydrogen-bond donors (Lipinski definition) is 1. The van der Waals surface area contributed by atoms with Crippen LogP contribution in [0.2, 0.25) is 0 Å². The molecule has 0 atom stereocenters. The molecule has 0 aliphatic heterocycles. The van der Waals surface area contributed by atoms with Crippen molar-refractivity contribution in [2.45, 2.75) is 51.5 Å². The van der Waals surface area contributed by atoms with Crippen LogP contribution in [-0.4, -0.2) is 23.8 Å². The van der Waals surface area contributed by atoms with Gasteiger partial charge in [0, 0.05) is 17.3 Å². The average molecular weight is 240 g/mol. The van der Waals surface area contributed by atoms with E-state index in [1.54, 1.807) is 0 Å². The first-order valence-electron chi connectivity index (χ1n) is 5.55. The van der Waals surface area contributed by atoms with Crippen molar-refractivity contribution in [2.75, 3.05) is 18.3 Å². The van der Waals surface area contributed by atoms with Gasteiger partial charge in [-0.2, -0.15) is 0 Å². The van der Waals surface area contributed by atoms with Gasteiger partial charge in [0.05, 0.1) is 0 Å². The largest absolute Gasteiger partial charge is 0.309 e. The van der Waals surface area contributed by atoms with Crippen molar-refractivity contribution in [3.63, 3.8) is 0 Å². The second-order valence-corrected chi connectivity index (χ2v) is 4.70. The molecule has 0 spiro atoms. The molecule has 1 N–H and O–H groups in total. The van der Waals surface area contributed by atoms with Crippen LogP contribution in [0.3, 0.4) is 0 Å². The number of rotatable bonds is 9. The molecule has 0 heterocycles. The van der Waals surface area contributed by atoms with Crippen molar-refractivity contribution in [3.8, 4) is 0 Å². The van der Waals surface area contributed by atoms with Crippen LogP contribution in [0.4, 0.5) is 0 Å². The molecule has 0 aliphatic rings. The third-order valence-electron chi connectivity index (χ3n) is 2.42. The maximum absolute atomic E-state index is 5.82. The summed E-state index contributed by atoms with van der Waals surface area (Å²) in [5.74, 6) is 1.15. The van der Waals surface area contributed by atoms with Gasteiger partial charge in [-0.05, 0) is 19.9 Å². The molecule has 0 radical (unpaired) electrons. The van der Waals surface area contributed by atoms with E-state index in [-0.39, 0.29) is 5.54 Å². The fourth-order valence-corrected chi connectivity index (χ4v) is 1.72. The first-order valence-corrected chi connectivity index (χ1v) is 6.62. The van der Waals surface area contributed by atoms with Crippen LogP contribution < -0.4 is 5.32 Å². The summed E-state index contributed by atoms with van der Waals surface area (Å²) in [6.07, 6.45) is 6.53. The zero-order valence-electron chi connectivity index (χ0n) is 9.41. The molecule has 3 heteroatoms. The lowest BCUT2D eigenvalue weighted by Crippen LogP contribution is -2.46. The predicted molar refractivity (Wildman–Crippen MR) is 66.6 cm³/mol. The number of alkyl halides is 2. The van der Waals surface area contributed by atoms with E-state index >= 15 is 0 Å². The molecule has 86 valence electrons. The Labute approximate surface area is 98.5 Å². The van der Waals surface area contributed by atoms with E-state index < -0.39 is 0 Å². The van der Waals surface area contributed by atoms with E-state index in [0.717, 1.165) is 6.54 Å². The third-order valence-corrected chi connectivity index (χ3v) is 3.60. The van der Waals surface area contributed by atoms with Crippen molar-refractivity contribution in [1.29, 1.82) is 0 Å². The Hall–Kier alpha value is 0.540. The fourth-order valence-electron chi connectivity index (χ4n) is 1.25. The summed E-state index contributed by atoms with van der Waals surface area (Å²) in [7, 11) is 0. The Kier molecular flexibility index (Phi) is 9.16. The minimum absolute atomic E-state index is 0.0894. The number of hydrogen-bond acceptors (Lipinski definition) is 1. The topological polar surface area (TPSA) is 12.0 Å². The summed E-state index contributed by atoms with van der Waals surface area (Å²) in [6, 6.07) is 0. The Balaban J connectivity index is 3.34. The molecule has 0 aromatic heterocycles. The quantitative estimate of drug-likeness (QED) is 0.477. The van der Waals surface area contributed by atoms with Gasteiger partial charge in [-0.3, -0.25) is 0 Å². The van der Waals surface area contributed by atoms with Gasteiger partial charge >= 0.3 is 0 Å². The zero-order chi connectivity index (χ0) is 10.9. The molecule has 0 saturated heterocycles. The van der Waals surface area contributed by atoms with Crippen molar-refractivity contribution < 1.29 is 0 Å². The van der Waals surface area contributed by atoms with Gasteiger partial charge in [0.15, 0.2) is 0 Å². The van der Waals surface area contributed by atoms with Gasteiger partial charge in [0.25, 0.3) is 0 Å². The van der Waals surface area contributed by atoms with Gasteiger partial charge in [-0.1, -0.05) is 32.6 Å². The highest BCUT2D eigenvalue weighted by Crippen LogP contribution is 2.09. The molecule has 1 nitrogen and oxygen atoms in total. The van der Waals surface area contributed by atoms with Gasteiger partial charge in [-0.15, -0.1) is 23.2 Å². The number of unbranched alkanes of at least 4 members (excludes halogenated alkanes) is 4. The number of nitrogens with one attached hydrogen (secondary N) is 1. The summed E-state index contributed by atoms with van der Waals surface area (Å²) in [5.41, 5.74) is -0.0894. The first-order chi connectivity index (χ1) is 6.68. The standard InChI is InChI=1S/C11H23Cl2N/c1-3-4-5-6-7-8-14-11(2,9-12)10-13/h14H,3-10H2,1-2H3. The predicted octanol–water partition coefficient (Wildman–Crippen LogP) is 3.78. The molecule has 0 unspecified atom stereocenters. The fraction of sp³-hybridized carbons (Fsp3) is 1.00. The second-order valence-electron chi connectivity index (χ2n) is 4.17. The molecule has 0 aliphatic carbocycles. The summed E-state index contributed by atoms with van der Waals surface area (Å²) < 4.78 is 0. The summed E-state index contributed by atoms with van der Waals surface area (Å²) in [5, 5.41) is 3.41. The molecular weight excluding hydrogens is 217 g/mol. The van der Waals surface area contributed by atoms with Crippen molar-refractivity contribution in [2.24, 2.45) is 0 Å². The van der Waals surface area contributed by atoms with E-state index in [0.29, 0.717) is 11.8 Å². The van der Waals surface area contributed by atoms with Crippen LogP contribution >= 0.6 is 23.2 Å². The molecule has 14 heavy (non-hydrogen) atoms. The smallest absolute Gasteiger partial charge is 0.0425 e. The van der Waals surface area contributed by atoms with E-state index in [2.05, 4.69) is 19.2 Å². The summed E-state index contributed by atoms with van der Waals surface area (Å²) >= 11 is 11.6. The maximum Gasteiger partial charge on any atom is 0.0425 e. The Morgan fingerprint density at radius 2 is 1.57 bits per heavy atom. The Morgan fingerprint density at radius 1 is 1.00 bits per heavy atom. The lowest BCUT2D eigenvalue weighted by atomic mass is 10.1. The zero-order valence-corrected chi connectivity index (χ0v) is 10.9. The molecule has 0 bridgehead atoms. The molecule has 0 aromatic rings. The van der Waals surface area contributed by atoms with E-state index in [4.69, 9.17) is 23.2 Å². The van der Waals surface area contributed by atoms with Crippen LogP contribution in [0.1, 0.15) is 46.0 Å². The first kappa shape index (κ1) is 14.5. The summed E-state index contributed by atoms with van der Waals surface area (Å²) in [4.78, 5) is 0. The highest BCUT2D eigenvalue weighted by atomic mass is 35.5. The van der Waals surface area contributed by atoms with Crippen LogP contribution in [0.25, 0.3) is 0 Å². The third kappa shape index (κ3) is 6.92. The van der Waals surface area contributed by atoms with E-state index in [1.807, 2.05) is 0 Å². The number of halogens is 2. The van der Waals surface area contributed by atoms with Crippen molar-refractivity contribution >= 4 is 23.2 Å².